The van der Waals surface area contributed by atoms with Gasteiger partial charge in [-0.1, -0.05) is 44.2 Å². The average molecular weight is 459 g/mol. The van der Waals surface area contributed by atoms with Crippen molar-refractivity contribution in [1.82, 2.24) is 0 Å². The van der Waals surface area contributed by atoms with Crippen LogP contribution in [0, 0.1) is 5.82 Å². The molecule has 3 rings (SSSR count). The van der Waals surface area contributed by atoms with Crippen molar-refractivity contribution in [3.05, 3.63) is 65.5 Å². The van der Waals surface area contributed by atoms with Crippen LogP contribution in [0.25, 0.3) is 6.08 Å². The SMILES string of the molecule is CC(C)(CC(O)(CN1CC=Cc2ccccc21)C(F)(F)F)c1cc(F)ccc1OC(F)F. The standard InChI is InChI=1S/C23H23F6NO2/c1-21(2,17-12-16(24)9-10-19(17)32-20(25)26)13-22(31,23(27,28)29)14-30-11-5-7-15-6-3-4-8-18(15)30/h3-10,12,20,31H,11,13-14H2,1-2H3. The smallest absolute Gasteiger partial charge is 0.418 e. The van der Waals surface area contributed by atoms with E-state index in [9.17, 15) is 31.4 Å². The van der Waals surface area contributed by atoms with Crippen LogP contribution in [0.5, 0.6) is 5.75 Å². The van der Waals surface area contributed by atoms with Gasteiger partial charge in [0.15, 0.2) is 5.60 Å². The summed E-state index contributed by atoms with van der Waals surface area (Å²) < 4.78 is 86.3. The first-order chi connectivity index (χ1) is 14.8. The predicted molar refractivity (Wildman–Crippen MR) is 109 cm³/mol. The maximum absolute atomic E-state index is 14.2. The zero-order valence-corrected chi connectivity index (χ0v) is 17.5. The maximum atomic E-state index is 14.2. The van der Waals surface area contributed by atoms with Gasteiger partial charge in [-0.05, 0) is 41.7 Å². The summed E-state index contributed by atoms with van der Waals surface area (Å²) in [6, 6.07) is 9.51. The highest BCUT2D eigenvalue weighted by Gasteiger charge is 2.57. The molecule has 174 valence electrons. The van der Waals surface area contributed by atoms with E-state index in [0.717, 1.165) is 18.2 Å². The van der Waals surface area contributed by atoms with Crippen LogP contribution < -0.4 is 9.64 Å². The molecular formula is C23H23F6NO2. The van der Waals surface area contributed by atoms with Crippen molar-refractivity contribution >= 4 is 11.8 Å². The van der Waals surface area contributed by atoms with Crippen molar-refractivity contribution < 1.29 is 36.2 Å². The van der Waals surface area contributed by atoms with Crippen LogP contribution in [0.4, 0.5) is 32.0 Å². The minimum atomic E-state index is -5.04. The van der Waals surface area contributed by atoms with Gasteiger partial charge in [0.1, 0.15) is 11.6 Å². The number of β-amino-alcohol motifs (C(OH)–C–C–N with tert-alkyl or cyclic N) is 1. The third-order valence-corrected chi connectivity index (χ3v) is 5.50. The molecule has 0 saturated carbocycles. The van der Waals surface area contributed by atoms with Crippen molar-refractivity contribution in [3.63, 3.8) is 0 Å². The molecule has 0 amide bonds. The fraction of sp³-hybridized carbons (Fsp3) is 0.391. The van der Waals surface area contributed by atoms with E-state index in [1.54, 1.807) is 36.4 Å². The van der Waals surface area contributed by atoms with Crippen LogP contribution in [0.15, 0.2) is 48.5 Å². The first-order valence-electron chi connectivity index (χ1n) is 9.87. The summed E-state index contributed by atoms with van der Waals surface area (Å²) in [5.41, 5.74) is -3.74. The molecule has 1 N–H and O–H groups in total. The lowest BCUT2D eigenvalue weighted by molar-refractivity contribution is -0.262. The molecule has 3 nitrogen and oxygen atoms in total. The molecule has 0 bridgehead atoms. The highest BCUT2D eigenvalue weighted by atomic mass is 19.4. The second kappa shape index (κ2) is 8.69. The molecule has 2 aromatic carbocycles. The Hall–Kier alpha value is -2.68. The summed E-state index contributed by atoms with van der Waals surface area (Å²) in [7, 11) is 0. The van der Waals surface area contributed by atoms with E-state index in [4.69, 9.17) is 0 Å². The number of rotatable bonds is 7. The van der Waals surface area contributed by atoms with Gasteiger partial charge in [-0.25, -0.2) is 4.39 Å². The maximum Gasteiger partial charge on any atom is 0.418 e. The molecule has 0 aliphatic carbocycles. The van der Waals surface area contributed by atoms with Crippen LogP contribution >= 0.6 is 0 Å². The number of benzene rings is 2. The minimum absolute atomic E-state index is 0.148. The van der Waals surface area contributed by atoms with Gasteiger partial charge in [-0.3, -0.25) is 0 Å². The first-order valence-corrected chi connectivity index (χ1v) is 9.87. The summed E-state index contributed by atoms with van der Waals surface area (Å²) in [6.45, 7) is -1.24. The Morgan fingerprint density at radius 1 is 1.09 bits per heavy atom. The third-order valence-electron chi connectivity index (χ3n) is 5.50. The molecule has 1 aliphatic heterocycles. The molecule has 1 atom stereocenters. The van der Waals surface area contributed by atoms with Crippen molar-refractivity contribution in [3.8, 4) is 5.75 Å². The van der Waals surface area contributed by atoms with Crippen LogP contribution in [-0.4, -0.2) is 36.6 Å². The number of halogens is 6. The Bertz CT molecular complexity index is 989. The van der Waals surface area contributed by atoms with E-state index in [0.29, 0.717) is 11.3 Å². The molecule has 2 aromatic rings. The zero-order valence-electron chi connectivity index (χ0n) is 17.5. The number of fused-ring (bicyclic) bond motifs is 1. The summed E-state index contributed by atoms with van der Waals surface area (Å²) >= 11 is 0. The monoisotopic (exact) mass is 459 g/mol. The molecule has 0 radical (unpaired) electrons. The van der Waals surface area contributed by atoms with E-state index >= 15 is 0 Å². The molecule has 1 heterocycles. The van der Waals surface area contributed by atoms with Crippen LogP contribution in [-0.2, 0) is 5.41 Å². The Kier molecular flexibility index (Phi) is 6.51. The number of hydrogen-bond donors (Lipinski definition) is 1. The topological polar surface area (TPSA) is 32.7 Å². The lowest BCUT2D eigenvalue weighted by Gasteiger charge is -2.42. The highest BCUT2D eigenvalue weighted by Crippen LogP contribution is 2.45. The van der Waals surface area contributed by atoms with Gasteiger partial charge in [-0.2, -0.15) is 22.0 Å². The number of alkyl halides is 5. The number of nitrogens with zero attached hydrogens (tertiary/aromatic N) is 1. The lowest BCUT2D eigenvalue weighted by Crippen LogP contribution is -2.56. The summed E-state index contributed by atoms with van der Waals surface area (Å²) in [4.78, 5) is 1.40. The molecule has 1 unspecified atom stereocenters. The number of anilines is 1. The Morgan fingerprint density at radius 3 is 2.44 bits per heavy atom. The van der Waals surface area contributed by atoms with Crippen molar-refractivity contribution in [1.29, 1.82) is 0 Å². The Balaban J connectivity index is 1.97. The quantitative estimate of drug-likeness (QED) is 0.522. The molecule has 0 spiro atoms. The molecule has 0 aromatic heterocycles. The van der Waals surface area contributed by atoms with Gasteiger partial charge in [-0.15, -0.1) is 0 Å². The average Bonchev–Trinajstić information content (AvgIpc) is 2.68. The van der Waals surface area contributed by atoms with Crippen LogP contribution in [0.1, 0.15) is 31.4 Å². The fourth-order valence-electron chi connectivity index (χ4n) is 4.09. The number of hydrogen-bond acceptors (Lipinski definition) is 3. The second-order valence-corrected chi connectivity index (χ2v) is 8.45. The molecule has 32 heavy (non-hydrogen) atoms. The normalized spacial score (nSPS) is 16.1. The zero-order chi connectivity index (χ0) is 23.7. The van der Waals surface area contributed by atoms with E-state index < -0.39 is 48.3 Å². The molecule has 1 aliphatic rings. The second-order valence-electron chi connectivity index (χ2n) is 8.45. The van der Waals surface area contributed by atoms with Gasteiger partial charge >= 0.3 is 12.8 Å². The summed E-state index contributed by atoms with van der Waals surface area (Å²) in [5, 5.41) is 10.9. The first kappa shape index (κ1) is 24.0. The molecular weight excluding hydrogens is 436 g/mol. The van der Waals surface area contributed by atoms with Crippen molar-refractivity contribution in [2.45, 2.75) is 44.1 Å². The Labute approximate surface area is 181 Å². The minimum Gasteiger partial charge on any atom is -0.435 e. The van der Waals surface area contributed by atoms with Gasteiger partial charge in [0.2, 0.25) is 0 Å². The van der Waals surface area contributed by atoms with Gasteiger partial charge in [0, 0.05) is 17.8 Å². The summed E-state index contributed by atoms with van der Waals surface area (Å²) in [5.74, 6) is -1.26. The predicted octanol–water partition coefficient (Wildman–Crippen LogP) is 5.92. The van der Waals surface area contributed by atoms with Gasteiger partial charge in [0.25, 0.3) is 0 Å². The van der Waals surface area contributed by atoms with E-state index in [1.165, 1.54) is 18.7 Å². The number of para-hydroxylation sites is 1. The number of aliphatic hydroxyl groups is 1. The Morgan fingerprint density at radius 2 is 1.78 bits per heavy atom. The highest BCUT2D eigenvalue weighted by molar-refractivity contribution is 5.71. The molecule has 0 fully saturated rings. The van der Waals surface area contributed by atoms with Crippen LogP contribution in [0.2, 0.25) is 0 Å². The van der Waals surface area contributed by atoms with Crippen LogP contribution in [0.3, 0.4) is 0 Å². The molecule has 9 heteroatoms. The largest absolute Gasteiger partial charge is 0.435 e. The molecule has 0 saturated heterocycles. The third kappa shape index (κ3) is 5.03. The van der Waals surface area contributed by atoms with E-state index in [2.05, 4.69) is 4.74 Å². The lowest BCUT2D eigenvalue weighted by atomic mass is 9.74. The van der Waals surface area contributed by atoms with Gasteiger partial charge in [0.05, 0.1) is 6.54 Å². The van der Waals surface area contributed by atoms with Gasteiger partial charge < -0.3 is 14.7 Å². The van der Waals surface area contributed by atoms with Crippen molar-refractivity contribution in [2.24, 2.45) is 0 Å². The van der Waals surface area contributed by atoms with E-state index in [1.807, 2.05) is 0 Å². The van der Waals surface area contributed by atoms with Crippen molar-refractivity contribution in [2.75, 3.05) is 18.0 Å². The fourth-order valence-corrected chi connectivity index (χ4v) is 4.09. The van der Waals surface area contributed by atoms with E-state index in [-0.39, 0.29) is 12.1 Å². The number of ether oxygens (including phenoxy) is 1. The summed E-state index contributed by atoms with van der Waals surface area (Å²) in [6.07, 6.45) is -2.49.